The molecule has 0 saturated heterocycles. The summed E-state index contributed by atoms with van der Waals surface area (Å²) >= 11 is 12.3. The van der Waals surface area contributed by atoms with Crippen molar-refractivity contribution < 1.29 is 0 Å². The van der Waals surface area contributed by atoms with E-state index in [4.69, 9.17) is 28.9 Å². The Morgan fingerprint density at radius 1 is 1.14 bits per heavy atom. The molecule has 0 spiro atoms. The minimum absolute atomic E-state index is 0.240. The molecule has 1 aromatic carbocycles. The second-order valence-electron chi connectivity index (χ2n) is 6.32. The fourth-order valence-corrected chi connectivity index (χ4v) is 2.90. The Bertz CT molecular complexity index is 802. The first-order valence-corrected chi connectivity index (χ1v) is 9.41. The molecule has 1 aromatic rings. The molecular formula is C22H28Cl2N4. The van der Waals surface area contributed by atoms with Crippen LogP contribution in [0.4, 0.5) is 0 Å². The Labute approximate surface area is 178 Å². The van der Waals surface area contributed by atoms with Gasteiger partial charge >= 0.3 is 0 Å². The standard InChI is InChI=1S/C22H28Cl2N4/c1-7-17(23)13-19(15-27(4)5)28(6)22(16-9-11-18(24)12-10-16)20(14-26-3)21(25)8-2/h7-15,22H,1-2,25H2,3-6H3/b17-13+,19-15+,21-20?,26-14?. The van der Waals surface area contributed by atoms with Crippen LogP contribution < -0.4 is 5.73 Å². The number of rotatable bonds is 9. The minimum atomic E-state index is -0.240. The Morgan fingerprint density at radius 2 is 1.75 bits per heavy atom. The van der Waals surface area contributed by atoms with E-state index in [1.54, 1.807) is 25.4 Å². The Hall–Kier alpha value is -2.43. The van der Waals surface area contributed by atoms with E-state index in [-0.39, 0.29) is 6.04 Å². The molecule has 0 amide bonds. The molecule has 6 heteroatoms. The second-order valence-corrected chi connectivity index (χ2v) is 7.19. The van der Waals surface area contributed by atoms with E-state index in [1.807, 2.05) is 62.6 Å². The third-order valence-corrected chi connectivity index (χ3v) is 4.48. The molecule has 0 radical (unpaired) electrons. The largest absolute Gasteiger partial charge is 0.398 e. The SMILES string of the molecule is C=CC(N)=C(C=NC)C(c1ccc(Cl)cc1)N(C)C(/C=C(/Cl)C=C)=C/N(C)C. The molecule has 0 fully saturated rings. The Kier molecular flexibility index (Phi) is 9.63. The van der Waals surface area contributed by atoms with Crippen molar-refractivity contribution in [2.45, 2.75) is 6.04 Å². The van der Waals surface area contributed by atoms with Gasteiger partial charge in [0.1, 0.15) is 0 Å². The van der Waals surface area contributed by atoms with E-state index >= 15 is 0 Å². The lowest BCUT2D eigenvalue weighted by Gasteiger charge is -2.33. The van der Waals surface area contributed by atoms with Crippen molar-refractivity contribution in [2.24, 2.45) is 10.7 Å². The van der Waals surface area contributed by atoms with E-state index in [9.17, 15) is 0 Å². The highest BCUT2D eigenvalue weighted by molar-refractivity contribution is 6.31. The van der Waals surface area contributed by atoms with Gasteiger partial charge in [-0.1, -0.05) is 54.6 Å². The summed E-state index contributed by atoms with van der Waals surface area (Å²) in [7, 11) is 7.57. The molecule has 0 heterocycles. The van der Waals surface area contributed by atoms with Crippen molar-refractivity contribution in [1.82, 2.24) is 9.80 Å². The van der Waals surface area contributed by atoms with E-state index in [0.717, 1.165) is 16.8 Å². The molecule has 0 aliphatic carbocycles. The first-order valence-electron chi connectivity index (χ1n) is 8.65. The van der Waals surface area contributed by atoms with E-state index < -0.39 is 0 Å². The first kappa shape index (κ1) is 23.6. The zero-order chi connectivity index (χ0) is 21.3. The molecule has 0 aliphatic heterocycles. The van der Waals surface area contributed by atoms with Crippen LogP contribution in [0, 0.1) is 0 Å². The fraction of sp³-hybridized carbons (Fsp3) is 0.227. The molecule has 2 N–H and O–H groups in total. The molecule has 1 rings (SSSR count). The third kappa shape index (κ3) is 6.63. The molecular weight excluding hydrogens is 391 g/mol. The molecule has 0 aromatic heterocycles. The smallest absolute Gasteiger partial charge is 0.0828 e. The lowest BCUT2D eigenvalue weighted by atomic mass is 9.95. The van der Waals surface area contributed by atoms with Crippen LogP contribution in [0.3, 0.4) is 0 Å². The zero-order valence-corrected chi connectivity index (χ0v) is 18.4. The number of hydrogen-bond acceptors (Lipinski definition) is 4. The monoisotopic (exact) mass is 418 g/mol. The summed E-state index contributed by atoms with van der Waals surface area (Å²) in [5.74, 6) is 0. The summed E-state index contributed by atoms with van der Waals surface area (Å²) in [6, 6.07) is 7.40. The summed E-state index contributed by atoms with van der Waals surface area (Å²) in [4.78, 5) is 8.22. The Morgan fingerprint density at radius 3 is 2.21 bits per heavy atom. The molecule has 0 bridgehead atoms. The van der Waals surface area contributed by atoms with Crippen LogP contribution in [-0.2, 0) is 0 Å². The molecule has 28 heavy (non-hydrogen) atoms. The van der Waals surface area contributed by atoms with Gasteiger partial charge in [0.25, 0.3) is 0 Å². The number of likely N-dealkylation sites (N-methyl/N-ethyl adjacent to an activating group) is 1. The van der Waals surface area contributed by atoms with Gasteiger partial charge < -0.3 is 15.5 Å². The normalized spacial score (nSPS) is 14.5. The van der Waals surface area contributed by atoms with Gasteiger partial charge in [0, 0.05) is 61.9 Å². The quantitative estimate of drug-likeness (QED) is 0.446. The summed E-state index contributed by atoms with van der Waals surface area (Å²) in [5.41, 5.74) is 9.49. The molecule has 150 valence electrons. The van der Waals surface area contributed by atoms with Crippen LogP contribution in [0.2, 0.25) is 5.02 Å². The summed E-state index contributed by atoms with van der Waals surface area (Å²) in [5, 5.41) is 1.19. The van der Waals surface area contributed by atoms with Gasteiger partial charge in [-0.25, -0.2) is 0 Å². The van der Waals surface area contributed by atoms with Crippen molar-refractivity contribution >= 4 is 29.4 Å². The average Bonchev–Trinajstić information content (AvgIpc) is 2.67. The van der Waals surface area contributed by atoms with Crippen LogP contribution >= 0.6 is 23.2 Å². The molecule has 0 aliphatic rings. The topological polar surface area (TPSA) is 44.9 Å². The predicted octanol–water partition coefficient (Wildman–Crippen LogP) is 5.12. The van der Waals surface area contributed by atoms with Gasteiger partial charge in [-0.2, -0.15) is 0 Å². The average molecular weight is 419 g/mol. The predicted molar refractivity (Wildman–Crippen MR) is 124 cm³/mol. The van der Waals surface area contributed by atoms with Crippen LogP contribution in [0.5, 0.6) is 0 Å². The highest BCUT2D eigenvalue weighted by Gasteiger charge is 2.24. The van der Waals surface area contributed by atoms with E-state index in [1.165, 1.54) is 0 Å². The van der Waals surface area contributed by atoms with E-state index in [2.05, 4.69) is 23.1 Å². The molecule has 4 nitrogen and oxygen atoms in total. The van der Waals surface area contributed by atoms with Gasteiger partial charge in [0.2, 0.25) is 0 Å². The zero-order valence-electron chi connectivity index (χ0n) is 16.9. The summed E-state index contributed by atoms with van der Waals surface area (Å²) in [6.45, 7) is 7.55. The van der Waals surface area contributed by atoms with Crippen molar-refractivity contribution in [1.29, 1.82) is 0 Å². The number of nitrogens with two attached hydrogens (primary N) is 1. The van der Waals surface area contributed by atoms with Gasteiger partial charge in [0.05, 0.1) is 11.7 Å². The number of aliphatic imine (C=N–C) groups is 1. The number of benzene rings is 1. The van der Waals surface area contributed by atoms with Crippen molar-refractivity contribution in [2.75, 3.05) is 28.2 Å². The lowest BCUT2D eigenvalue weighted by Crippen LogP contribution is -2.28. The second kappa shape index (κ2) is 11.4. The number of halogens is 2. The van der Waals surface area contributed by atoms with Crippen LogP contribution in [0.15, 0.2) is 88.8 Å². The maximum atomic E-state index is 6.27. The lowest BCUT2D eigenvalue weighted by molar-refractivity contribution is 0.354. The number of allylic oxidation sites excluding steroid dienone is 4. The van der Waals surface area contributed by atoms with E-state index in [0.29, 0.717) is 15.8 Å². The fourth-order valence-electron chi connectivity index (χ4n) is 2.66. The van der Waals surface area contributed by atoms with Crippen LogP contribution in [0.25, 0.3) is 0 Å². The van der Waals surface area contributed by atoms with Crippen molar-refractivity contribution in [3.8, 4) is 0 Å². The minimum Gasteiger partial charge on any atom is -0.398 e. The maximum Gasteiger partial charge on any atom is 0.0828 e. The van der Waals surface area contributed by atoms with Gasteiger partial charge in [-0.15, -0.1) is 0 Å². The maximum absolute atomic E-state index is 6.27. The van der Waals surface area contributed by atoms with Crippen LogP contribution in [0.1, 0.15) is 11.6 Å². The highest BCUT2D eigenvalue weighted by atomic mass is 35.5. The van der Waals surface area contributed by atoms with Gasteiger partial charge in [0.15, 0.2) is 0 Å². The van der Waals surface area contributed by atoms with Crippen molar-refractivity contribution in [3.63, 3.8) is 0 Å². The third-order valence-electron chi connectivity index (χ3n) is 3.97. The summed E-state index contributed by atoms with van der Waals surface area (Å²) in [6.07, 6.45) is 8.79. The summed E-state index contributed by atoms with van der Waals surface area (Å²) < 4.78 is 0. The highest BCUT2D eigenvalue weighted by Crippen LogP contribution is 2.32. The first-order chi connectivity index (χ1) is 13.2. The van der Waals surface area contributed by atoms with Crippen LogP contribution in [-0.4, -0.2) is 44.2 Å². The molecule has 1 atom stereocenters. The van der Waals surface area contributed by atoms with Crippen molar-refractivity contribution in [3.05, 3.63) is 94.4 Å². The Balaban J connectivity index is 3.71. The number of hydrogen-bond donors (Lipinski definition) is 1. The molecule has 0 saturated carbocycles. The van der Waals surface area contributed by atoms with Gasteiger partial charge in [-0.05, 0) is 29.8 Å². The number of nitrogens with zero attached hydrogens (tertiary/aromatic N) is 3. The molecule has 1 unspecified atom stereocenters. The van der Waals surface area contributed by atoms with Gasteiger partial charge in [-0.3, -0.25) is 4.99 Å².